The van der Waals surface area contributed by atoms with Gasteiger partial charge < -0.3 is 15.4 Å². The molecule has 0 fully saturated rings. The highest BCUT2D eigenvalue weighted by Gasteiger charge is 2.06. The Morgan fingerprint density at radius 3 is 2.52 bits per heavy atom. The molecular formula is C20H24N2O. The summed E-state index contributed by atoms with van der Waals surface area (Å²) < 4.78 is 5.98. The van der Waals surface area contributed by atoms with E-state index in [2.05, 4.69) is 42.8 Å². The number of hydrogen-bond donors (Lipinski definition) is 2. The van der Waals surface area contributed by atoms with Crippen molar-refractivity contribution < 1.29 is 4.74 Å². The molecule has 2 rings (SSSR count). The zero-order chi connectivity index (χ0) is 16.8. The molecule has 0 aliphatic rings. The van der Waals surface area contributed by atoms with E-state index < -0.39 is 0 Å². The molecule has 0 amide bonds. The Hall–Kier alpha value is -2.68. The predicted octanol–water partition coefficient (Wildman–Crippen LogP) is 4.71. The van der Waals surface area contributed by atoms with Crippen molar-refractivity contribution in [3.05, 3.63) is 78.0 Å². The van der Waals surface area contributed by atoms with Crippen LogP contribution in [0.25, 0.3) is 5.70 Å². The standard InChI is InChI=1S/C20H24N2O/c1-14(2)22-16(4)18-10-19(21-5)12-20(11-18)23-13-17-9-7-6-8-15(17)3/h6-12,21-22H,1,4,13H2,2-3,5H3. The van der Waals surface area contributed by atoms with Crippen LogP contribution in [0.2, 0.25) is 0 Å². The van der Waals surface area contributed by atoms with Gasteiger partial charge in [-0.05, 0) is 37.1 Å². The summed E-state index contributed by atoms with van der Waals surface area (Å²) in [5, 5.41) is 6.30. The summed E-state index contributed by atoms with van der Waals surface area (Å²) in [4.78, 5) is 0. The van der Waals surface area contributed by atoms with Crippen molar-refractivity contribution in [2.24, 2.45) is 0 Å². The second kappa shape index (κ2) is 7.54. The number of hydrogen-bond acceptors (Lipinski definition) is 3. The van der Waals surface area contributed by atoms with Crippen molar-refractivity contribution in [3.63, 3.8) is 0 Å². The number of rotatable bonds is 7. The molecule has 0 heterocycles. The molecule has 23 heavy (non-hydrogen) atoms. The predicted molar refractivity (Wildman–Crippen MR) is 98.5 cm³/mol. The molecule has 3 heteroatoms. The first kappa shape index (κ1) is 16.7. The molecule has 0 aliphatic heterocycles. The lowest BCUT2D eigenvalue weighted by molar-refractivity contribution is 0.305. The van der Waals surface area contributed by atoms with Crippen LogP contribution in [-0.4, -0.2) is 7.05 Å². The zero-order valence-corrected chi connectivity index (χ0v) is 14.1. The first-order chi connectivity index (χ1) is 11.0. The summed E-state index contributed by atoms with van der Waals surface area (Å²) in [5.41, 5.74) is 6.02. The van der Waals surface area contributed by atoms with Gasteiger partial charge in [0.25, 0.3) is 0 Å². The van der Waals surface area contributed by atoms with Crippen LogP contribution in [0, 0.1) is 6.92 Å². The van der Waals surface area contributed by atoms with E-state index >= 15 is 0 Å². The van der Waals surface area contributed by atoms with Gasteiger partial charge in [0.05, 0.1) is 0 Å². The van der Waals surface area contributed by atoms with Gasteiger partial charge in [-0.25, -0.2) is 0 Å². The van der Waals surface area contributed by atoms with Crippen LogP contribution < -0.4 is 15.4 Å². The van der Waals surface area contributed by atoms with E-state index in [0.717, 1.165) is 28.4 Å². The van der Waals surface area contributed by atoms with Crippen molar-refractivity contribution in [2.45, 2.75) is 20.5 Å². The van der Waals surface area contributed by atoms with Crippen molar-refractivity contribution in [1.82, 2.24) is 5.32 Å². The molecule has 3 nitrogen and oxygen atoms in total. The highest BCUT2D eigenvalue weighted by molar-refractivity contribution is 5.68. The third-order valence-electron chi connectivity index (χ3n) is 3.56. The van der Waals surface area contributed by atoms with Crippen molar-refractivity contribution in [2.75, 3.05) is 12.4 Å². The summed E-state index contributed by atoms with van der Waals surface area (Å²) in [6.07, 6.45) is 0. The molecular weight excluding hydrogens is 284 g/mol. The van der Waals surface area contributed by atoms with Crippen LogP contribution in [0.15, 0.2) is 61.3 Å². The molecule has 0 bridgehead atoms. The fraction of sp³-hybridized carbons (Fsp3) is 0.200. The Balaban J connectivity index is 2.19. The first-order valence-corrected chi connectivity index (χ1v) is 7.61. The lowest BCUT2D eigenvalue weighted by Crippen LogP contribution is -2.08. The minimum absolute atomic E-state index is 0.541. The summed E-state index contributed by atoms with van der Waals surface area (Å²) in [7, 11) is 1.89. The molecule has 2 aromatic carbocycles. The molecule has 0 unspecified atom stereocenters. The monoisotopic (exact) mass is 308 g/mol. The quantitative estimate of drug-likeness (QED) is 0.777. The normalized spacial score (nSPS) is 10.0. The Morgan fingerprint density at radius 2 is 1.87 bits per heavy atom. The molecule has 0 aliphatic carbocycles. The number of anilines is 1. The first-order valence-electron chi connectivity index (χ1n) is 7.61. The summed E-state index contributed by atoms with van der Waals surface area (Å²) in [6, 6.07) is 14.2. The second-order valence-corrected chi connectivity index (χ2v) is 5.60. The molecule has 0 aromatic heterocycles. The van der Waals surface area contributed by atoms with Gasteiger partial charge in [0, 0.05) is 35.8 Å². The molecule has 0 radical (unpaired) electrons. The average Bonchev–Trinajstić information content (AvgIpc) is 2.53. The van der Waals surface area contributed by atoms with E-state index in [1.165, 1.54) is 11.1 Å². The van der Waals surface area contributed by atoms with E-state index in [0.29, 0.717) is 6.61 Å². The van der Waals surface area contributed by atoms with Gasteiger partial charge in [0.15, 0.2) is 0 Å². The van der Waals surface area contributed by atoms with Gasteiger partial charge in [0.2, 0.25) is 0 Å². The fourth-order valence-corrected chi connectivity index (χ4v) is 2.26. The van der Waals surface area contributed by atoms with E-state index in [1.807, 2.05) is 44.3 Å². The Kier molecular flexibility index (Phi) is 5.47. The minimum Gasteiger partial charge on any atom is -0.489 e. The largest absolute Gasteiger partial charge is 0.489 e. The maximum atomic E-state index is 5.98. The van der Waals surface area contributed by atoms with Gasteiger partial charge in [-0.2, -0.15) is 0 Å². The molecule has 2 N–H and O–H groups in total. The van der Waals surface area contributed by atoms with Crippen molar-refractivity contribution in [3.8, 4) is 5.75 Å². The lowest BCUT2D eigenvalue weighted by atomic mass is 10.1. The minimum atomic E-state index is 0.541. The molecule has 0 saturated carbocycles. The molecule has 0 atom stereocenters. The summed E-state index contributed by atoms with van der Waals surface area (Å²) >= 11 is 0. The van der Waals surface area contributed by atoms with Crippen molar-refractivity contribution in [1.29, 1.82) is 0 Å². The smallest absolute Gasteiger partial charge is 0.122 e. The maximum Gasteiger partial charge on any atom is 0.122 e. The van der Waals surface area contributed by atoms with Gasteiger partial charge in [0.1, 0.15) is 12.4 Å². The molecule has 0 spiro atoms. The molecule has 0 saturated heterocycles. The number of benzene rings is 2. The number of aryl methyl sites for hydroxylation is 1. The van der Waals surface area contributed by atoms with Gasteiger partial charge in [-0.3, -0.25) is 0 Å². The summed E-state index contributed by atoms with van der Waals surface area (Å²) in [5.74, 6) is 0.805. The van der Waals surface area contributed by atoms with Crippen LogP contribution in [0.5, 0.6) is 5.75 Å². The van der Waals surface area contributed by atoms with Gasteiger partial charge in [-0.15, -0.1) is 0 Å². The number of allylic oxidation sites excluding steroid dienone is 1. The maximum absolute atomic E-state index is 5.98. The van der Waals surface area contributed by atoms with E-state index in [4.69, 9.17) is 4.74 Å². The van der Waals surface area contributed by atoms with Gasteiger partial charge in [-0.1, -0.05) is 37.4 Å². The fourth-order valence-electron chi connectivity index (χ4n) is 2.26. The lowest BCUT2D eigenvalue weighted by Gasteiger charge is -2.14. The van der Waals surface area contributed by atoms with Crippen LogP contribution in [0.4, 0.5) is 5.69 Å². The topological polar surface area (TPSA) is 33.3 Å². The van der Waals surface area contributed by atoms with E-state index in [-0.39, 0.29) is 0 Å². The molecule has 120 valence electrons. The highest BCUT2D eigenvalue weighted by Crippen LogP contribution is 2.25. The number of nitrogens with one attached hydrogen (secondary N) is 2. The third-order valence-corrected chi connectivity index (χ3v) is 3.56. The van der Waals surface area contributed by atoms with Gasteiger partial charge >= 0.3 is 0 Å². The SMILES string of the molecule is C=C(C)NC(=C)c1cc(NC)cc(OCc2ccccc2C)c1. The van der Waals surface area contributed by atoms with Crippen LogP contribution >= 0.6 is 0 Å². The Labute approximate surface area is 138 Å². The Bertz CT molecular complexity index is 719. The van der Waals surface area contributed by atoms with Crippen LogP contribution in [0.3, 0.4) is 0 Å². The van der Waals surface area contributed by atoms with E-state index in [9.17, 15) is 0 Å². The Morgan fingerprint density at radius 1 is 1.13 bits per heavy atom. The molecule has 2 aromatic rings. The van der Waals surface area contributed by atoms with Crippen molar-refractivity contribution >= 4 is 11.4 Å². The number of ether oxygens (including phenoxy) is 1. The third kappa shape index (κ3) is 4.65. The summed E-state index contributed by atoms with van der Waals surface area (Å²) in [6.45, 7) is 12.4. The highest BCUT2D eigenvalue weighted by atomic mass is 16.5. The zero-order valence-electron chi connectivity index (χ0n) is 14.1. The second-order valence-electron chi connectivity index (χ2n) is 5.60. The van der Waals surface area contributed by atoms with Crippen LogP contribution in [0.1, 0.15) is 23.6 Å². The van der Waals surface area contributed by atoms with Crippen LogP contribution in [-0.2, 0) is 6.61 Å². The van der Waals surface area contributed by atoms with E-state index in [1.54, 1.807) is 0 Å². The average molecular weight is 308 g/mol.